The number of nitrogens with zero attached hydrogens (tertiary/aromatic N) is 5. The van der Waals surface area contributed by atoms with Crippen LogP contribution in [-0.2, 0) is 14.4 Å². The number of rotatable bonds is 10. The van der Waals surface area contributed by atoms with E-state index in [4.69, 9.17) is 0 Å². The first-order chi connectivity index (χ1) is 13.1. The lowest BCUT2D eigenvalue weighted by Gasteiger charge is -2.26. The van der Waals surface area contributed by atoms with E-state index in [1.165, 1.54) is 18.7 Å². The Morgan fingerprint density at radius 1 is 1.48 bits per heavy atom. The van der Waals surface area contributed by atoms with Crippen LogP contribution >= 0.6 is 0 Å². The van der Waals surface area contributed by atoms with Crippen molar-refractivity contribution in [2.75, 3.05) is 11.9 Å². The molecule has 2 N–H and O–H groups in total. The normalized spacial score (nSPS) is 16.8. The predicted octanol–water partition coefficient (Wildman–Crippen LogP) is 1.05. The molecule has 146 valence electrons. The van der Waals surface area contributed by atoms with Crippen LogP contribution in [0.15, 0.2) is 23.7 Å². The molecule has 3 amide bonds. The summed E-state index contributed by atoms with van der Waals surface area (Å²) in [4.78, 5) is 43.9. The molecule has 0 radical (unpaired) electrons. The van der Waals surface area contributed by atoms with E-state index in [9.17, 15) is 19.6 Å². The van der Waals surface area contributed by atoms with Gasteiger partial charge >= 0.3 is 0 Å². The van der Waals surface area contributed by atoms with E-state index < -0.39 is 23.8 Å². The minimum atomic E-state index is -0.801. The van der Waals surface area contributed by atoms with Crippen molar-refractivity contribution in [1.29, 1.82) is 0 Å². The van der Waals surface area contributed by atoms with Crippen molar-refractivity contribution in [3.8, 4) is 0 Å². The summed E-state index contributed by atoms with van der Waals surface area (Å²) >= 11 is 0. The lowest BCUT2D eigenvalue weighted by Crippen LogP contribution is -2.46. The zero-order valence-corrected chi connectivity index (χ0v) is 15.2. The van der Waals surface area contributed by atoms with Gasteiger partial charge in [0, 0.05) is 18.8 Å². The lowest BCUT2D eigenvalue weighted by atomic mass is 9.99. The number of hydrazone groups is 1. The second-order valence-electron chi connectivity index (χ2n) is 6.24. The van der Waals surface area contributed by atoms with Crippen LogP contribution in [0, 0.1) is 5.92 Å². The molecule has 0 saturated heterocycles. The average molecular weight is 376 g/mol. The van der Waals surface area contributed by atoms with Gasteiger partial charge in [-0.3, -0.25) is 19.6 Å². The summed E-state index contributed by atoms with van der Waals surface area (Å²) in [6.45, 7) is 1.90. The Morgan fingerprint density at radius 2 is 2.30 bits per heavy atom. The molecular weight excluding hydrogens is 352 g/mol. The summed E-state index contributed by atoms with van der Waals surface area (Å²) in [6.07, 6.45) is 8.01. The fourth-order valence-electron chi connectivity index (χ4n) is 2.81. The Labute approximate surface area is 157 Å². The van der Waals surface area contributed by atoms with Crippen LogP contribution in [0.25, 0.3) is 0 Å². The zero-order valence-electron chi connectivity index (χ0n) is 15.2. The van der Waals surface area contributed by atoms with Gasteiger partial charge in [-0.05, 0) is 12.5 Å². The number of hydroxylamine groups is 2. The molecule has 2 rings (SSSR count). The molecule has 0 bridgehead atoms. The molecule has 2 heterocycles. The first kappa shape index (κ1) is 20.4. The van der Waals surface area contributed by atoms with Crippen molar-refractivity contribution >= 4 is 30.3 Å². The molecule has 1 aromatic heterocycles. The molecule has 1 aliphatic heterocycles. The number of carbonyl (C=O) groups excluding carboxylic acids is 3. The molecule has 2 unspecified atom stereocenters. The molecule has 1 aliphatic rings. The molecule has 1 aromatic rings. The highest BCUT2D eigenvalue weighted by atomic mass is 16.5. The van der Waals surface area contributed by atoms with Crippen LogP contribution in [-0.4, -0.2) is 62.3 Å². The van der Waals surface area contributed by atoms with Gasteiger partial charge in [-0.1, -0.05) is 26.2 Å². The van der Waals surface area contributed by atoms with E-state index in [0.29, 0.717) is 17.3 Å². The molecule has 0 aromatic carbocycles. The average Bonchev–Trinajstić information content (AvgIpc) is 3.17. The van der Waals surface area contributed by atoms with Crippen LogP contribution in [0.2, 0.25) is 0 Å². The van der Waals surface area contributed by atoms with Crippen molar-refractivity contribution in [2.45, 2.75) is 45.1 Å². The highest BCUT2D eigenvalue weighted by molar-refractivity contribution is 5.99. The molecule has 0 aliphatic carbocycles. The topological polar surface area (TPSA) is 128 Å². The van der Waals surface area contributed by atoms with Gasteiger partial charge < -0.3 is 5.32 Å². The molecule has 0 saturated carbocycles. The van der Waals surface area contributed by atoms with Crippen molar-refractivity contribution in [2.24, 2.45) is 11.0 Å². The maximum atomic E-state index is 12.9. The van der Waals surface area contributed by atoms with Crippen LogP contribution in [0.1, 0.15) is 39.0 Å². The van der Waals surface area contributed by atoms with E-state index in [0.717, 1.165) is 24.3 Å². The van der Waals surface area contributed by atoms with Gasteiger partial charge in [0.1, 0.15) is 18.2 Å². The maximum Gasteiger partial charge on any atom is 0.250 e. The van der Waals surface area contributed by atoms with Crippen LogP contribution in [0.5, 0.6) is 0 Å². The Kier molecular flexibility index (Phi) is 7.80. The second-order valence-corrected chi connectivity index (χ2v) is 6.24. The molecule has 0 fully saturated rings. The molecule has 0 spiro atoms. The second kappa shape index (κ2) is 10.3. The van der Waals surface area contributed by atoms with Gasteiger partial charge in [0.25, 0.3) is 5.91 Å². The zero-order chi connectivity index (χ0) is 19.6. The third-order valence-corrected chi connectivity index (χ3v) is 4.23. The van der Waals surface area contributed by atoms with Gasteiger partial charge in [0.2, 0.25) is 12.3 Å². The fraction of sp³-hybridized carbons (Fsp3) is 0.529. The van der Waals surface area contributed by atoms with E-state index in [1.54, 1.807) is 6.07 Å². The molecule has 10 nitrogen and oxygen atoms in total. The number of nitrogens with one attached hydrogen (secondary N) is 1. The van der Waals surface area contributed by atoms with Gasteiger partial charge in [0.05, 0.1) is 12.5 Å². The number of amides is 3. The number of hydrogen-bond donors (Lipinski definition) is 2. The summed E-state index contributed by atoms with van der Waals surface area (Å²) in [6, 6.07) is 0.741. The Hall–Kier alpha value is -2.88. The van der Waals surface area contributed by atoms with Crippen molar-refractivity contribution in [3.63, 3.8) is 0 Å². The highest BCUT2D eigenvalue weighted by Crippen LogP contribution is 2.21. The number of hydrogen-bond acceptors (Lipinski definition) is 7. The lowest BCUT2D eigenvalue weighted by molar-refractivity contribution is -0.158. The molecule has 27 heavy (non-hydrogen) atoms. The van der Waals surface area contributed by atoms with Crippen LogP contribution in [0.4, 0.5) is 5.82 Å². The number of carbonyl (C=O) groups is 3. The first-order valence-corrected chi connectivity index (χ1v) is 8.90. The van der Waals surface area contributed by atoms with E-state index in [1.807, 2.05) is 6.92 Å². The predicted molar refractivity (Wildman–Crippen MR) is 96.6 cm³/mol. The first-order valence-electron chi connectivity index (χ1n) is 8.90. The summed E-state index contributed by atoms with van der Waals surface area (Å²) in [5, 5.41) is 17.8. The summed E-state index contributed by atoms with van der Waals surface area (Å²) in [5.74, 6) is -1.13. The summed E-state index contributed by atoms with van der Waals surface area (Å²) < 4.78 is 0. The van der Waals surface area contributed by atoms with Gasteiger partial charge in [-0.25, -0.2) is 20.0 Å². The number of aromatic nitrogens is 2. The SMILES string of the molecule is CCCCCC(CN(O)C=O)C(=O)N1N=CCC1C(=O)Nc1ccncn1. The van der Waals surface area contributed by atoms with E-state index in [2.05, 4.69) is 20.4 Å². The van der Waals surface area contributed by atoms with Crippen LogP contribution < -0.4 is 5.32 Å². The van der Waals surface area contributed by atoms with E-state index >= 15 is 0 Å². The number of unbranched alkanes of at least 4 members (excludes halogenated alkanes) is 2. The smallest absolute Gasteiger partial charge is 0.250 e. The maximum absolute atomic E-state index is 12.9. The van der Waals surface area contributed by atoms with Gasteiger partial charge in [-0.15, -0.1) is 0 Å². The standard InChI is InChI=1S/C17H24N6O4/c1-2-3-4-5-13(10-22(27)12-24)17(26)23-14(6-9-20-23)16(25)21-15-7-8-18-11-19-15/h7-9,11-14,27H,2-6,10H2,1H3,(H,18,19,21,25). The Balaban J connectivity index is 2.06. The molecule has 2 atom stereocenters. The minimum Gasteiger partial charge on any atom is -0.309 e. The highest BCUT2D eigenvalue weighted by Gasteiger charge is 2.36. The summed E-state index contributed by atoms with van der Waals surface area (Å²) in [7, 11) is 0. The minimum absolute atomic E-state index is 0.141. The number of anilines is 1. The quantitative estimate of drug-likeness (QED) is 0.272. The van der Waals surface area contributed by atoms with Crippen molar-refractivity contribution < 1.29 is 19.6 Å². The van der Waals surface area contributed by atoms with Crippen LogP contribution in [0.3, 0.4) is 0 Å². The third-order valence-electron chi connectivity index (χ3n) is 4.23. The largest absolute Gasteiger partial charge is 0.309 e. The fourth-order valence-corrected chi connectivity index (χ4v) is 2.81. The van der Waals surface area contributed by atoms with Gasteiger partial charge in [-0.2, -0.15) is 5.10 Å². The Bertz CT molecular complexity index is 669. The van der Waals surface area contributed by atoms with Crippen molar-refractivity contribution in [3.05, 3.63) is 18.6 Å². The Morgan fingerprint density at radius 3 is 2.96 bits per heavy atom. The van der Waals surface area contributed by atoms with Crippen molar-refractivity contribution in [1.82, 2.24) is 20.0 Å². The third kappa shape index (κ3) is 5.81. The summed E-state index contributed by atoms with van der Waals surface area (Å²) in [5.41, 5.74) is 0. The monoisotopic (exact) mass is 376 g/mol. The molecule has 10 heteroatoms. The molecular formula is C17H24N6O4. The van der Waals surface area contributed by atoms with Gasteiger partial charge in [0.15, 0.2) is 0 Å². The van der Waals surface area contributed by atoms with E-state index in [-0.39, 0.29) is 19.4 Å².